The molecule has 0 spiro atoms. The van der Waals surface area contributed by atoms with E-state index in [1.807, 2.05) is 0 Å². The quantitative estimate of drug-likeness (QED) is 0.497. The Hall–Kier alpha value is -2.32. The molecule has 30 heavy (non-hydrogen) atoms. The zero-order chi connectivity index (χ0) is 22.3. The van der Waals surface area contributed by atoms with Crippen molar-refractivity contribution in [1.29, 1.82) is 0 Å². The number of hydrogen-bond donors (Lipinski definition) is 3. The van der Waals surface area contributed by atoms with Crippen molar-refractivity contribution in [2.45, 2.75) is 57.8 Å². The van der Waals surface area contributed by atoms with Crippen molar-refractivity contribution in [2.75, 3.05) is 18.8 Å². The summed E-state index contributed by atoms with van der Waals surface area (Å²) in [6.07, 6.45) is 0.129. The number of ether oxygens (including phenoxy) is 1. The minimum atomic E-state index is -1.95. The number of rotatable bonds is 4. The maximum Gasteiger partial charge on any atom is 0.332 e. The zero-order valence-corrected chi connectivity index (χ0v) is 18.3. The SMILES string of the molecule is Cc1cc2c(N)c(Cl)cc(C(=O)NC(C(=O)OC(C)(C)C)C3(F)CCNCC3)c2o1. The lowest BCUT2D eigenvalue weighted by atomic mass is 9.86. The predicted molar refractivity (Wildman–Crippen MR) is 113 cm³/mol. The summed E-state index contributed by atoms with van der Waals surface area (Å²) in [6.45, 7) is 7.55. The number of nitrogens with two attached hydrogens (primary N) is 1. The number of piperidine rings is 1. The van der Waals surface area contributed by atoms with Crippen LogP contribution in [0.15, 0.2) is 16.5 Å². The Morgan fingerprint density at radius 3 is 2.57 bits per heavy atom. The minimum absolute atomic E-state index is 0.0644. The van der Waals surface area contributed by atoms with E-state index in [1.54, 1.807) is 33.8 Å². The molecule has 4 N–H and O–H groups in total. The Balaban J connectivity index is 1.98. The molecule has 1 fully saturated rings. The number of alkyl halides is 1. The summed E-state index contributed by atoms with van der Waals surface area (Å²) in [5, 5.41) is 6.24. The number of anilines is 1. The smallest absolute Gasteiger partial charge is 0.332 e. The Morgan fingerprint density at radius 1 is 1.33 bits per heavy atom. The molecule has 1 aliphatic heterocycles. The number of carbonyl (C=O) groups excluding carboxylic acids is 2. The van der Waals surface area contributed by atoms with Gasteiger partial charge in [0.15, 0.2) is 6.04 Å². The summed E-state index contributed by atoms with van der Waals surface area (Å²) in [5.74, 6) is -0.978. The van der Waals surface area contributed by atoms with Gasteiger partial charge in [-0.15, -0.1) is 0 Å². The highest BCUT2D eigenvalue weighted by Crippen LogP contribution is 2.35. The molecule has 0 aliphatic carbocycles. The molecule has 7 nitrogen and oxygen atoms in total. The minimum Gasteiger partial charge on any atom is -0.460 e. The Bertz CT molecular complexity index is 977. The molecule has 3 rings (SSSR count). The first-order chi connectivity index (χ1) is 13.9. The van der Waals surface area contributed by atoms with Crippen LogP contribution in [0, 0.1) is 6.92 Å². The first-order valence-electron chi connectivity index (χ1n) is 9.83. The van der Waals surface area contributed by atoms with Gasteiger partial charge in [0, 0.05) is 5.39 Å². The van der Waals surface area contributed by atoms with Crippen molar-refractivity contribution in [2.24, 2.45) is 0 Å². The fraction of sp³-hybridized carbons (Fsp3) is 0.524. The molecule has 0 saturated carbocycles. The number of benzene rings is 1. The fourth-order valence-electron chi connectivity index (χ4n) is 3.58. The number of furan rings is 1. The average Bonchev–Trinajstić information content (AvgIpc) is 3.03. The molecule has 1 amide bonds. The second-order valence-corrected chi connectivity index (χ2v) is 9.05. The third-order valence-corrected chi connectivity index (χ3v) is 5.35. The monoisotopic (exact) mass is 439 g/mol. The van der Waals surface area contributed by atoms with Crippen LogP contribution in [-0.2, 0) is 9.53 Å². The maximum atomic E-state index is 15.8. The van der Waals surface area contributed by atoms with Gasteiger partial charge >= 0.3 is 5.97 Å². The second-order valence-electron chi connectivity index (χ2n) is 8.64. The van der Waals surface area contributed by atoms with Crippen molar-refractivity contribution in [3.63, 3.8) is 0 Å². The summed E-state index contributed by atoms with van der Waals surface area (Å²) in [5.41, 5.74) is 3.80. The van der Waals surface area contributed by atoms with Crippen molar-refractivity contribution in [3.05, 3.63) is 28.5 Å². The molecule has 9 heteroatoms. The normalized spacial score (nSPS) is 17.5. The standard InChI is InChI=1S/C21H27ClFN3O4/c1-11-9-12-15(24)14(22)10-13(16(12)29-11)18(27)26-17(19(28)30-20(2,3)4)21(23)5-7-25-8-6-21/h9-10,17,25H,5-8,24H2,1-4H3,(H,26,27). The number of aryl methyl sites for hydroxylation is 1. The van der Waals surface area contributed by atoms with E-state index in [0.29, 0.717) is 24.2 Å². The third-order valence-electron chi connectivity index (χ3n) is 5.03. The van der Waals surface area contributed by atoms with Crippen LogP contribution in [0.5, 0.6) is 0 Å². The zero-order valence-electron chi connectivity index (χ0n) is 17.5. The van der Waals surface area contributed by atoms with Crippen LogP contribution in [0.3, 0.4) is 0 Å². The van der Waals surface area contributed by atoms with Crippen LogP contribution in [-0.4, -0.2) is 42.3 Å². The molecule has 2 heterocycles. The lowest BCUT2D eigenvalue weighted by Crippen LogP contribution is -2.59. The molecule has 1 aliphatic rings. The average molecular weight is 440 g/mol. The van der Waals surface area contributed by atoms with Crippen LogP contribution in [0.25, 0.3) is 11.0 Å². The number of halogens is 2. The molecule has 0 bridgehead atoms. The van der Waals surface area contributed by atoms with Crippen LogP contribution in [0.2, 0.25) is 5.02 Å². The third kappa shape index (κ3) is 4.54. The highest BCUT2D eigenvalue weighted by atomic mass is 35.5. The summed E-state index contributed by atoms with van der Waals surface area (Å²) >= 11 is 6.19. The molecular formula is C21H27ClFN3O4. The van der Waals surface area contributed by atoms with Gasteiger partial charge in [0.2, 0.25) is 0 Å². The molecule has 1 unspecified atom stereocenters. The molecular weight excluding hydrogens is 413 g/mol. The van der Waals surface area contributed by atoms with Gasteiger partial charge in [-0.1, -0.05) is 11.6 Å². The van der Waals surface area contributed by atoms with Gasteiger partial charge in [-0.05, 0) is 65.8 Å². The van der Waals surface area contributed by atoms with E-state index < -0.39 is 29.2 Å². The van der Waals surface area contributed by atoms with Crippen LogP contribution in [0.4, 0.5) is 10.1 Å². The number of nitrogens with one attached hydrogen (secondary N) is 2. The fourth-order valence-corrected chi connectivity index (χ4v) is 3.79. The second kappa shape index (κ2) is 8.07. The van der Waals surface area contributed by atoms with Crippen LogP contribution < -0.4 is 16.4 Å². The number of hydrogen-bond acceptors (Lipinski definition) is 6. The Labute approximate surface area is 179 Å². The van der Waals surface area contributed by atoms with Gasteiger partial charge in [-0.25, -0.2) is 9.18 Å². The lowest BCUT2D eigenvalue weighted by Gasteiger charge is -2.37. The Kier molecular flexibility index (Phi) is 6.02. The highest BCUT2D eigenvalue weighted by Gasteiger charge is 2.47. The number of fused-ring (bicyclic) bond motifs is 1. The van der Waals surface area contributed by atoms with Crippen molar-refractivity contribution in [1.82, 2.24) is 10.6 Å². The molecule has 1 saturated heterocycles. The molecule has 164 valence electrons. The molecule has 0 radical (unpaired) electrons. The highest BCUT2D eigenvalue weighted by molar-refractivity contribution is 6.35. The summed E-state index contributed by atoms with van der Waals surface area (Å²) in [6, 6.07) is 1.55. The molecule has 1 aromatic carbocycles. The van der Waals surface area contributed by atoms with Gasteiger partial charge in [-0.3, -0.25) is 4.79 Å². The lowest BCUT2D eigenvalue weighted by molar-refractivity contribution is -0.162. The van der Waals surface area contributed by atoms with E-state index in [4.69, 9.17) is 26.5 Å². The predicted octanol–water partition coefficient (Wildman–Crippen LogP) is 3.51. The van der Waals surface area contributed by atoms with Gasteiger partial charge in [0.1, 0.15) is 22.6 Å². The number of esters is 1. The summed E-state index contributed by atoms with van der Waals surface area (Å²) < 4.78 is 26.8. The number of nitrogen functional groups attached to an aromatic ring is 1. The van der Waals surface area contributed by atoms with Gasteiger partial charge < -0.3 is 25.5 Å². The summed E-state index contributed by atoms with van der Waals surface area (Å²) in [7, 11) is 0. The number of amides is 1. The van der Waals surface area contributed by atoms with E-state index in [2.05, 4.69) is 10.6 Å². The van der Waals surface area contributed by atoms with Gasteiger partial charge in [0.25, 0.3) is 5.91 Å². The van der Waals surface area contributed by atoms with E-state index in [-0.39, 0.29) is 34.7 Å². The van der Waals surface area contributed by atoms with Crippen LogP contribution in [0.1, 0.15) is 49.7 Å². The van der Waals surface area contributed by atoms with Crippen molar-refractivity contribution < 1.29 is 23.1 Å². The van der Waals surface area contributed by atoms with Gasteiger partial charge in [0.05, 0.1) is 16.3 Å². The van der Waals surface area contributed by atoms with E-state index in [9.17, 15) is 9.59 Å². The van der Waals surface area contributed by atoms with Gasteiger partial charge in [-0.2, -0.15) is 0 Å². The van der Waals surface area contributed by atoms with Crippen LogP contribution >= 0.6 is 11.6 Å². The molecule has 1 aromatic heterocycles. The maximum absolute atomic E-state index is 15.8. The van der Waals surface area contributed by atoms with E-state index in [1.165, 1.54) is 6.07 Å². The first-order valence-corrected chi connectivity index (χ1v) is 10.2. The first kappa shape index (κ1) is 22.4. The van der Waals surface area contributed by atoms with E-state index >= 15 is 4.39 Å². The summed E-state index contributed by atoms with van der Waals surface area (Å²) in [4.78, 5) is 26.0. The largest absolute Gasteiger partial charge is 0.460 e. The van der Waals surface area contributed by atoms with E-state index in [0.717, 1.165) is 0 Å². The van der Waals surface area contributed by atoms with Crippen molar-refractivity contribution in [3.8, 4) is 0 Å². The number of carbonyl (C=O) groups is 2. The Morgan fingerprint density at radius 2 is 1.97 bits per heavy atom. The van der Waals surface area contributed by atoms with Crippen molar-refractivity contribution >= 4 is 40.1 Å². The molecule has 1 atom stereocenters. The topological polar surface area (TPSA) is 107 Å². The molecule has 2 aromatic rings.